The summed E-state index contributed by atoms with van der Waals surface area (Å²) in [5, 5.41) is 4.08. The Labute approximate surface area is 106 Å². The molecule has 0 aliphatic carbocycles. The standard InChI is InChI=1S/C14H16N2O2/c1-10(2)16-14(17)13(8-9-15-16)11-4-6-12(18-3)7-5-11/h4-10H,1-3H3. The quantitative estimate of drug-likeness (QED) is 0.833. The van der Waals surface area contributed by atoms with Crippen molar-refractivity contribution in [2.45, 2.75) is 19.9 Å². The summed E-state index contributed by atoms with van der Waals surface area (Å²) in [4.78, 5) is 12.2. The smallest absolute Gasteiger partial charge is 0.274 e. The largest absolute Gasteiger partial charge is 0.497 e. The molecule has 0 bridgehead atoms. The SMILES string of the molecule is COc1ccc(-c2ccnn(C(C)C)c2=O)cc1. The molecule has 0 fully saturated rings. The molecule has 94 valence electrons. The molecule has 0 saturated heterocycles. The maximum absolute atomic E-state index is 12.2. The van der Waals surface area contributed by atoms with Gasteiger partial charge in [0, 0.05) is 6.20 Å². The van der Waals surface area contributed by atoms with Crippen molar-refractivity contribution in [1.82, 2.24) is 9.78 Å². The highest BCUT2D eigenvalue weighted by molar-refractivity contribution is 5.62. The molecule has 0 aliphatic rings. The Morgan fingerprint density at radius 3 is 2.39 bits per heavy atom. The Morgan fingerprint density at radius 1 is 1.17 bits per heavy atom. The van der Waals surface area contributed by atoms with Gasteiger partial charge in [0.05, 0.1) is 18.7 Å². The van der Waals surface area contributed by atoms with E-state index in [0.717, 1.165) is 11.3 Å². The summed E-state index contributed by atoms with van der Waals surface area (Å²) in [6.45, 7) is 3.87. The van der Waals surface area contributed by atoms with Crippen molar-refractivity contribution in [3.8, 4) is 16.9 Å². The average Bonchev–Trinajstić information content (AvgIpc) is 2.39. The Balaban J connectivity index is 2.50. The maximum Gasteiger partial charge on any atom is 0.274 e. The van der Waals surface area contributed by atoms with Crippen molar-refractivity contribution in [2.75, 3.05) is 7.11 Å². The summed E-state index contributed by atoms with van der Waals surface area (Å²) in [7, 11) is 1.62. The van der Waals surface area contributed by atoms with Gasteiger partial charge in [0.25, 0.3) is 5.56 Å². The lowest BCUT2D eigenvalue weighted by Crippen LogP contribution is -2.25. The average molecular weight is 244 g/mol. The fraction of sp³-hybridized carbons (Fsp3) is 0.286. The van der Waals surface area contributed by atoms with Gasteiger partial charge in [-0.25, -0.2) is 4.68 Å². The van der Waals surface area contributed by atoms with Crippen molar-refractivity contribution in [2.24, 2.45) is 0 Å². The molecule has 1 heterocycles. The van der Waals surface area contributed by atoms with Crippen LogP contribution in [0.4, 0.5) is 0 Å². The number of aromatic nitrogens is 2. The fourth-order valence-electron chi connectivity index (χ4n) is 1.78. The molecule has 0 aliphatic heterocycles. The van der Waals surface area contributed by atoms with E-state index in [4.69, 9.17) is 4.74 Å². The first-order valence-corrected chi connectivity index (χ1v) is 5.85. The monoisotopic (exact) mass is 244 g/mol. The second-order valence-electron chi connectivity index (χ2n) is 4.32. The van der Waals surface area contributed by atoms with Crippen LogP contribution in [0, 0.1) is 0 Å². The van der Waals surface area contributed by atoms with E-state index in [0.29, 0.717) is 5.56 Å². The van der Waals surface area contributed by atoms with E-state index in [1.807, 2.05) is 38.1 Å². The molecule has 4 heteroatoms. The third kappa shape index (κ3) is 2.27. The molecule has 0 radical (unpaired) electrons. The molecule has 2 rings (SSSR count). The van der Waals surface area contributed by atoms with Crippen LogP contribution in [-0.4, -0.2) is 16.9 Å². The molecule has 0 atom stereocenters. The summed E-state index contributed by atoms with van der Waals surface area (Å²) in [5.41, 5.74) is 1.46. The van der Waals surface area contributed by atoms with Gasteiger partial charge in [-0.05, 0) is 37.6 Å². The van der Waals surface area contributed by atoms with Gasteiger partial charge in [-0.2, -0.15) is 5.10 Å². The molecule has 1 aromatic carbocycles. The first kappa shape index (κ1) is 12.4. The predicted molar refractivity (Wildman–Crippen MR) is 70.9 cm³/mol. The number of methoxy groups -OCH3 is 1. The second-order valence-corrected chi connectivity index (χ2v) is 4.32. The Bertz CT molecular complexity index is 585. The van der Waals surface area contributed by atoms with Crippen LogP contribution in [0.25, 0.3) is 11.1 Å². The maximum atomic E-state index is 12.2. The van der Waals surface area contributed by atoms with Crippen molar-refractivity contribution in [3.63, 3.8) is 0 Å². The number of hydrogen-bond acceptors (Lipinski definition) is 3. The van der Waals surface area contributed by atoms with E-state index in [1.54, 1.807) is 19.4 Å². The normalized spacial score (nSPS) is 10.7. The number of hydrogen-bond donors (Lipinski definition) is 0. The molecular formula is C14H16N2O2. The van der Waals surface area contributed by atoms with Crippen molar-refractivity contribution < 1.29 is 4.74 Å². The first-order chi connectivity index (χ1) is 8.63. The van der Waals surface area contributed by atoms with E-state index in [2.05, 4.69) is 5.10 Å². The van der Waals surface area contributed by atoms with Crippen LogP contribution >= 0.6 is 0 Å². The number of rotatable bonds is 3. The summed E-state index contributed by atoms with van der Waals surface area (Å²) < 4.78 is 6.59. The topological polar surface area (TPSA) is 44.1 Å². The van der Waals surface area contributed by atoms with Crippen LogP contribution < -0.4 is 10.3 Å². The summed E-state index contributed by atoms with van der Waals surface area (Å²) in [6, 6.07) is 9.23. The van der Waals surface area contributed by atoms with Crippen LogP contribution in [0.1, 0.15) is 19.9 Å². The minimum atomic E-state index is -0.0716. The van der Waals surface area contributed by atoms with Gasteiger partial charge in [-0.15, -0.1) is 0 Å². The van der Waals surface area contributed by atoms with Gasteiger partial charge in [-0.1, -0.05) is 12.1 Å². The van der Waals surface area contributed by atoms with Crippen molar-refractivity contribution >= 4 is 0 Å². The summed E-state index contributed by atoms with van der Waals surface area (Å²) in [6.07, 6.45) is 1.65. The van der Waals surface area contributed by atoms with E-state index in [1.165, 1.54) is 4.68 Å². The molecule has 18 heavy (non-hydrogen) atoms. The number of ether oxygens (including phenoxy) is 1. The second kappa shape index (κ2) is 5.04. The lowest BCUT2D eigenvalue weighted by Gasteiger charge is -2.10. The van der Waals surface area contributed by atoms with E-state index in [9.17, 15) is 4.79 Å². The molecule has 0 spiro atoms. The van der Waals surface area contributed by atoms with Gasteiger partial charge in [0.2, 0.25) is 0 Å². The molecule has 0 N–H and O–H groups in total. The van der Waals surface area contributed by atoms with Crippen LogP contribution in [-0.2, 0) is 0 Å². The van der Waals surface area contributed by atoms with E-state index >= 15 is 0 Å². The predicted octanol–water partition coefficient (Wildman–Crippen LogP) is 2.50. The van der Waals surface area contributed by atoms with Gasteiger partial charge >= 0.3 is 0 Å². The van der Waals surface area contributed by atoms with Crippen molar-refractivity contribution in [3.05, 3.63) is 46.9 Å². The van der Waals surface area contributed by atoms with Gasteiger partial charge in [0.1, 0.15) is 5.75 Å². The third-order valence-corrected chi connectivity index (χ3v) is 2.76. The molecule has 0 amide bonds. The number of nitrogens with zero attached hydrogens (tertiary/aromatic N) is 2. The minimum absolute atomic E-state index is 0.0516. The summed E-state index contributed by atoms with van der Waals surface area (Å²) >= 11 is 0. The zero-order valence-corrected chi connectivity index (χ0v) is 10.8. The molecule has 4 nitrogen and oxygen atoms in total. The highest BCUT2D eigenvalue weighted by Gasteiger charge is 2.08. The van der Waals surface area contributed by atoms with Gasteiger partial charge in [0.15, 0.2) is 0 Å². The van der Waals surface area contributed by atoms with Crippen LogP contribution in [0.2, 0.25) is 0 Å². The van der Waals surface area contributed by atoms with Gasteiger partial charge in [-0.3, -0.25) is 4.79 Å². The number of benzene rings is 1. The minimum Gasteiger partial charge on any atom is -0.497 e. The highest BCUT2D eigenvalue weighted by Crippen LogP contribution is 2.19. The lowest BCUT2D eigenvalue weighted by molar-refractivity contribution is 0.415. The van der Waals surface area contributed by atoms with E-state index in [-0.39, 0.29) is 11.6 Å². The summed E-state index contributed by atoms with van der Waals surface area (Å²) in [5.74, 6) is 0.775. The van der Waals surface area contributed by atoms with Crippen molar-refractivity contribution in [1.29, 1.82) is 0 Å². The van der Waals surface area contributed by atoms with Gasteiger partial charge < -0.3 is 4.74 Å². The molecule has 2 aromatic rings. The molecule has 0 saturated carbocycles. The van der Waals surface area contributed by atoms with E-state index < -0.39 is 0 Å². The first-order valence-electron chi connectivity index (χ1n) is 5.85. The molecule has 0 unspecified atom stereocenters. The van der Waals surface area contributed by atoms with Crippen LogP contribution in [0.5, 0.6) is 5.75 Å². The van der Waals surface area contributed by atoms with Crippen LogP contribution in [0.15, 0.2) is 41.3 Å². The zero-order chi connectivity index (χ0) is 13.1. The Hall–Kier alpha value is -2.10. The Kier molecular flexibility index (Phi) is 3.46. The van der Waals surface area contributed by atoms with Crippen LogP contribution in [0.3, 0.4) is 0 Å². The third-order valence-electron chi connectivity index (χ3n) is 2.76. The highest BCUT2D eigenvalue weighted by atomic mass is 16.5. The fourth-order valence-corrected chi connectivity index (χ4v) is 1.78. The molecule has 1 aromatic heterocycles. The Morgan fingerprint density at radius 2 is 1.83 bits per heavy atom. The lowest BCUT2D eigenvalue weighted by atomic mass is 10.1. The molecular weight excluding hydrogens is 228 g/mol. The zero-order valence-electron chi connectivity index (χ0n) is 10.8.